The van der Waals surface area contributed by atoms with Gasteiger partial charge in [0.05, 0.1) is 0 Å². The molecular weight excluding hydrogens is 925 g/mol. The average molecular weight is 1040 g/mol. The van der Waals surface area contributed by atoms with Crippen LogP contribution in [0.1, 0.15) is 278 Å². The van der Waals surface area contributed by atoms with Crippen molar-refractivity contribution in [2.24, 2.45) is 0 Å². The third-order valence-corrected chi connectivity index (χ3v) is 12.9. The highest BCUT2D eigenvalue weighted by Crippen LogP contribution is 2.15. The van der Waals surface area contributed by atoms with Gasteiger partial charge in [-0.15, -0.1) is 0 Å². The summed E-state index contributed by atoms with van der Waals surface area (Å²) in [6, 6.07) is 0. The van der Waals surface area contributed by atoms with Gasteiger partial charge in [0.2, 0.25) is 0 Å². The first-order chi connectivity index (χ1) is 37.0. The summed E-state index contributed by atoms with van der Waals surface area (Å²) in [6.07, 6.45) is 86.4. The molecule has 0 fully saturated rings. The van der Waals surface area contributed by atoms with Crippen LogP contribution in [0.4, 0.5) is 0 Å². The van der Waals surface area contributed by atoms with Crippen molar-refractivity contribution in [1.29, 1.82) is 0 Å². The standard InChI is InChI=1S/C69H114O6/c1-4-7-10-13-16-19-22-25-27-28-29-30-31-32-33-34-35-36-37-38-39-40-42-44-47-50-53-56-59-62-68(71)74-65-66(64-73-67(70)61-58-55-52-49-46-43-24-21-18-15-12-9-6-3)75-69(72)63-60-57-54-51-48-45-41-26-23-20-17-14-11-8-5-2/h7,9-10,12,16-21,25-27,29-30,32-33,41,43,46,66H,4-6,8,11,13-15,22-24,28,31,34-40,42,44-45,47-65H2,1-3H3/b10-7-,12-9-,19-16-,20-17-,21-18-,27-25-,30-29-,33-32-,41-26-,46-43-. The van der Waals surface area contributed by atoms with E-state index in [4.69, 9.17) is 14.2 Å². The summed E-state index contributed by atoms with van der Waals surface area (Å²) in [7, 11) is 0. The number of esters is 3. The Kier molecular flexibility index (Phi) is 58.9. The van der Waals surface area contributed by atoms with Gasteiger partial charge in [-0.05, 0) is 128 Å². The van der Waals surface area contributed by atoms with Crippen LogP contribution in [0.25, 0.3) is 0 Å². The van der Waals surface area contributed by atoms with Crippen LogP contribution in [0.2, 0.25) is 0 Å². The average Bonchev–Trinajstić information content (AvgIpc) is 3.41. The van der Waals surface area contributed by atoms with Gasteiger partial charge in [0.1, 0.15) is 13.2 Å². The van der Waals surface area contributed by atoms with Gasteiger partial charge in [0, 0.05) is 19.3 Å². The maximum atomic E-state index is 12.9. The van der Waals surface area contributed by atoms with E-state index in [2.05, 4.69) is 142 Å². The molecule has 0 aromatic heterocycles. The van der Waals surface area contributed by atoms with Crippen molar-refractivity contribution in [3.05, 3.63) is 122 Å². The Labute approximate surface area is 462 Å². The molecule has 1 atom stereocenters. The molecule has 0 radical (unpaired) electrons. The number of ether oxygens (including phenoxy) is 3. The van der Waals surface area contributed by atoms with Crippen molar-refractivity contribution in [1.82, 2.24) is 0 Å². The fraction of sp³-hybridized carbons (Fsp3) is 0.667. The summed E-state index contributed by atoms with van der Waals surface area (Å²) in [5, 5.41) is 0. The van der Waals surface area contributed by atoms with Crippen LogP contribution in [0.5, 0.6) is 0 Å². The molecule has 0 bridgehead atoms. The molecule has 6 nitrogen and oxygen atoms in total. The molecule has 0 spiro atoms. The van der Waals surface area contributed by atoms with E-state index in [1.54, 1.807) is 0 Å². The van der Waals surface area contributed by atoms with Crippen LogP contribution in [-0.4, -0.2) is 37.2 Å². The van der Waals surface area contributed by atoms with Crippen molar-refractivity contribution in [3.63, 3.8) is 0 Å². The molecule has 0 amide bonds. The number of unbranched alkanes of at least 4 members (excludes halogenated alkanes) is 24. The molecule has 0 saturated carbocycles. The van der Waals surface area contributed by atoms with Crippen LogP contribution in [0.3, 0.4) is 0 Å². The minimum atomic E-state index is -0.801. The van der Waals surface area contributed by atoms with E-state index in [1.165, 1.54) is 96.3 Å². The highest BCUT2D eigenvalue weighted by molar-refractivity contribution is 5.71. The molecular formula is C69H114O6. The van der Waals surface area contributed by atoms with Crippen LogP contribution in [0.15, 0.2) is 122 Å². The summed E-state index contributed by atoms with van der Waals surface area (Å²) in [5.41, 5.74) is 0. The zero-order chi connectivity index (χ0) is 54.3. The van der Waals surface area contributed by atoms with Gasteiger partial charge in [0.25, 0.3) is 0 Å². The lowest BCUT2D eigenvalue weighted by atomic mass is 10.0. The number of allylic oxidation sites excluding steroid dienone is 20. The Morgan fingerprint density at radius 1 is 0.280 bits per heavy atom. The number of carbonyl (C=O) groups excluding carboxylic acids is 3. The minimum absolute atomic E-state index is 0.0952. The molecule has 0 heterocycles. The lowest BCUT2D eigenvalue weighted by molar-refractivity contribution is -0.167. The Morgan fingerprint density at radius 2 is 0.520 bits per heavy atom. The van der Waals surface area contributed by atoms with E-state index in [9.17, 15) is 14.4 Å². The number of rotatable bonds is 55. The molecule has 6 heteroatoms. The molecule has 0 aromatic rings. The van der Waals surface area contributed by atoms with Gasteiger partial charge in [-0.3, -0.25) is 14.4 Å². The van der Waals surface area contributed by atoms with Crippen molar-refractivity contribution >= 4 is 17.9 Å². The molecule has 0 aliphatic rings. The highest BCUT2D eigenvalue weighted by Gasteiger charge is 2.19. The van der Waals surface area contributed by atoms with Crippen molar-refractivity contribution < 1.29 is 28.6 Å². The molecule has 0 aliphatic heterocycles. The molecule has 75 heavy (non-hydrogen) atoms. The fourth-order valence-corrected chi connectivity index (χ4v) is 8.34. The molecule has 0 aromatic carbocycles. The topological polar surface area (TPSA) is 78.9 Å². The number of hydrogen-bond acceptors (Lipinski definition) is 6. The second kappa shape index (κ2) is 62.4. The summed E-state index contributed by atoms with van der Waals surface area (Å²) in [5.74, 6) is -0.939. The number of carbonyl (C=O) groups is 3. The maximum absolute atomic E-state index is 12.9. The highest BCUT2D eigenvalue weighted by atomic mass is 16.6. The molecule has 1 unspecified atom stereocenters. The Bertz CT molecular complexity index is 1570. The molecule has 426 valence electrons. The zero-order valence-electron chi connectivity index (χ0n) is 48.8. The molecule has 0 saturated heterocycles. The first-order valence-electron chi connectivity index (χ1n) is 31.0. The van der Waals surface area contributed by atoms with Crippen LogP contribution >= 0.6 is 0 Å². The summed E-state index contributed by atoms with van der Waals surface area (Å²) in [6.45, 7) is 6.35. The van der Waals surface area contributed by atoms with Gasteiger partial charge >= 0.3 is 17.9 Å². The summed E-state index contributed by atoms with van der Waals surface area (Å²) >= 11 is 0. The quantitative estimate of drug-likeness (QED) is 0.0261. The van der Waals surface area contributed by atoms with E-state index in [1.807, 2.05) is 0 Å². The van der Waals surface area contributed by atoms with Crippen molar-refractivity contribution in [3.8, 4) is 0 Å². The second-order valence-electron chi connectivity index (χ2n) is 20.2. The normalized spacial score (nSPS) is 12.9. The molecule has 0 N–H and O–H groups in total. The Morgan fingerprint density at radius 3 is 0.827 bits per heavy atom. The maximum Gasteiger partial charge on any atom is 0.306 e. The van der Waals surface area contributed by atoms with Gasteiger partial charge in [0.15, 0.2) is 6.10 Å². The minimum Gasteiger partial charge on any atom is -0.462 e. The van der Waals surface area contributed by atoms with E-state index in [-0.39, 0.29) is 31.1 Å². The van der Waals surface area contributed by atoms with E-state index >= 15 is 0 Å². The lowest BCUT2D eigenvalue weighted by Gasteiger charge is -2.18. The Hall–Kier alpha value is -4.19. The largest absolute Gasteiger partial charge is 0.462 e. The SMILES string of the molecule is CC/C=C\C/C=C\C/C=C\C/C=C\C/C=C\CCCCCCCCCCCCCCCC(=O)OCC(COC(=O)CCCCC/C=C\C/C=C\C/C=C\CC)OC(=O)CCCCCCC/C=C\C/C=C\CCCCC. The second-order valence-corrected chi connectivity index (χ2v) is 20.2. The first kappa shape index (κ1) is 70.8. The van der Waals surface area contributed by atoms with Crippen LogP contribution in [-0.2, 0) is 28.6 Å². The van der Waals surface area contributed by atoms with Gasteiger partial charge in [-0.2, -0.15) is 0 Å². The monoisotopic (exact) mass is 1040 g/mol. The predicted molar refractivity (Wildman–Crippen MR) is 325 cm³/mol. The lowest BCUT2D eigenvalue weighted by Crippen LogP contribution is -2.30. The van der Waals surface area contributed by atoms with Crippen molar-refractivity contribution in [2.75, 3.05) is 13.2 Å². The van der Waals surface area contributed by atoms with Gasteiger partial charge in [-0.25, -0.2) is 0 Å². The number of hydrogen-bond donors (Lipinski definition) is 0. The van der Waals surface area contributed by atoms with Crippen LogP contribution < -0.4 is 0 Å². The smallest absolute Gasteiger partial charge is 0.306 e. The van der Waals surface area contributed by atoms with Gasteiger partial charge in [-0.1, -0.05) is 251 Å². The van der Waals surface area contributed by atoms with Crippen LogP contribution in [0, 0.1) is 0 Å². The van der Waals surface area contributed by atoms with E-state index < -0.39 is 6.10 Å². The fourth-order valence-electron chi connectivity index (χ4n) is 8.34. The Balaban J connectivity index is 4.28. The third kappa shape index (κ3) is 60.6. The third-order valence-electron chi connectivity index (χ3n) is 12.9. The summed E-state index contributed by atoms with van der Waals surface area (Å²) in [4.78, 5) is 38.2. The first-order valence-corrected chi connectivity index (χ1v) is 31.0. The predicted octanol–water partition coefficient (Wildman–Crippen LogP) is 21.2. The zero-order valence-corrected chi connectivity index (χ0v) is 48.8. The van der Waals surface area contributed by atoms with Crippen molar-refractivity contribution in [2.45, 2.75) is 284 Å². The molecule has 0 aliphatic carbocycles. The summed E-state index contributed by atoms with van der Waals surface area (Å²) < 4.78 is 16.9. The van der Waals surface area contributed by atoms with Gasteiger partial charge < -0.3 is 14.2 Å². The van der Waals surface area contributed by atoms with E-state index in [0.29, 0.717) is 19.3 Å². The molecule has 0 rings (SSSR count). The van der Waals surface area contributed by atoms with E-state index in [0.717, 1.165) is 141 Å².